The van der Waals surface area contributed by atoms with Crippen LogP contribution in [-0.2, 0) is 11.2 Å². The van der Waals surface area contributed by atoms with Crippen molar-refractivity contribution in [1.82, 2.24) is 5.32 Å². The molecule has 21 heavy (non-hydrogen) atoms. The van der Waals surface area contributed by atoms with E-state index in [0.29, 0.717) is 5.02 Å². The SMILES string of the molecule is COCCNCC1(Cc2cc(F)ccc2Cl)CC2CC2C1. The van der Waals surface area contributed by atoms with Crippen molar-refractivity contribution in [1.29, 1.82) is 0 Å². The van der Waals surface area contributed by atoms with Crippen LogP contribution in [0, 0.1) is 23.1 Å². The molecule has 2 fully saturated rings. The van der Waals surface area contributed by atoms with Crippen LogP contribution in [0.1, 0.15) is 24.8 Å². The number of fused-ring (bicyclic) bond motifs is 1. The van der Waals surface area contributed by atoms with Gasteiger partial charge in [0.1, 0.15) is 5.82 Å². The van der Waals surface area contributed by atoms with Crippen molar-refractivity contribution in [3.63, 3.8) is 0 Å². The van der Waals surface area contributed by atoms with Gasteiger partial charge >= 0.3 is 0 Å². The molecule has 4 heteroatoms. The lowest BCUT2D eigenvalue weighted by Crippen LogP contribution is -2.36. The summed E-state index contributed by atoms with van der Waals surface area (Å²) in [5.41, 5.74) is 1.19. The monoisotopic (exact) mass is 311 g/mol. The Hall–Kier alpha value is -0.640. The van der Waals surface area contributed by atoms with Gasteiger partial charge in [-0.3, -0.25) is 0 Å². The van der Waals surface area contributed by atoms with Crippen molar-refractivity contribution in [2.75, 3.05) is 26.8 Å². The maximum absolute atomic E-state index is 13.5. The van der Waals surface area contributed by atoms with Gasteiger partial charge in [0.15, 0.2) is 0 Å². The number of hydrogen-bond donors (Lipinski definition) is 1. The smallest absolute Gasteiger partial charge is 0.123 e. The fourth-order valence-electron chi connectivity index (χ4n) is 3.97. The second kappa shape index (κ2) is 6.23. The number of hydrogen-bond acceptors (Lipinski definition) is 2. The normalized spacial score (nSPS) is 30.4. The van der Waals surface area contributed by atoms with Crippen LogP contribution in [-0.4, -0.2) is 26.8 Å². The van der Waals surface area contributed by atoms with E-state index in [1.165, 1.54) is 25.3 Å². The van der Waals surface area contributed by atoms with Crippen LogP contribution in [0.3, 0.4) is 0 Å². The van der Waals surface area contributed by atoms with Gasteiger partial charge in [-0.25, -0.2) is 4.39 Å². The molecule has 0 bridgehead atoms. The van der Waals surface area contributed by atoms with Gasteiger partial charge in [-0.1, -0.05) is 11.6 Å². The summed E-state index contributed by atoms with van der Waals surface area (Å²) >= 11 is 6.26. The van der Waals surface area contributed by atoms with Gasteiger partial charge in [-0.05, 0) is 66.7 Å². The third-order valence-corrected chi connectivity index (χ3v) is 5.38. The van der Waals surface area contributed by atoms with Crippen LogP contribution in [0.5, 0.6) is 0 Å². The van der Waals surface area contributed by atoms with Crippen LogP contribution >= 0.6 is 11.6 Å². The maximum atomic E-state index is 13.5. The first-order valence-corrected chi connectivity index (χ1v) is 8.13. The lowest BCUT2D eigenvalue weighted by molar-refractivity contribution is 0.186. The number of halogens is 2. The number of benzene rings is 1. The Kier molecular flexibility index (Phi) is 4.53. The minimum atomic E-state index is -0.194. The highest BCUT2D eigenvalue weighted by Crippen LogP contribution is 2.60. The van der Waals surface area contributed by atoms with Crippen molar-refractivity contribution in [3.05, 3.63) is 34.6 Å². The molecule has 1 aromatic carbocycles. The Morgan fingerprint density at radius 2 is 2.14 bits per heavy atom. The number of rotatable bonds is 7. The summed E-state index contributed by atoms with van der Waals surface area (Å²) in [6.07, 6.45) is 4.74. The number of methoxy groups -OCH3 is 1. The molecule has 2 atom stereocenters. The van der Waals surface area contributed by atoms with E-state index in [-0.39, 0.29) is 11.2 Å². The standard InChI is InChI=1S/C17H23ClFNO/c1-21-5-4-20-11-17(8-12-6-13(12)9-17)10-14-7-15(19)2-3-16(14)18/h2-3,7,12-13,20H,4-6,8-11H2,1H3. The Labute approximate surface area is 131 Å². The van der Waals surface area contributed by atoms with Crippen LogP contribution in [0.4, 0.5) is 4.39 Å². The molecule has 2 aliphatic carbocycles. The summed E-state index contributed by atoms with van der Waals surface area (Å²) in [4.78, 5) is 0. The lowest BCUT2D eigenvalue weighted by Gasteiger charge is -2.32. The van der Waals surface area contributed by atoms with Crippen molar-refractivity contribution in [2.45, 2.75) is 25.7 Å². The first kappa shape index (κ1) is 15.3. The molecular formula is C17H23ClFNO. The zero-order valence-corrected chi connectivity index (χ0v) is 13.3. The van der Waals surface area contributed by atoms with E-state index >= 15 is 0 Å². The topological polar surface area (TPSA) is 21.3 Å². The molecule has 0 heterocycles. The highest BCUT2D eigenvalue weighted by atomic mass is 35.5. The summed E-state index contributed by atoms with van der Waals surface area (Å²) < 4.78 is 18.6. The summed E-state index contributed by atoms with van der Waals surface area (Å²) in [6.45, 7) is 2.56. The minimum absolute atomic E-state index is 0.194. The Bertz CT molecular complexity index is 498. The first-order valence-electron chi connectivity index (χ1n) is 7.75. The molecule has 2 saturated carbocycles. The number of nitrogens with one attached hydrogen (secondary N) is 1. The molecule has 2 unspecified atom stereocenters. The lowest BCUT2D eigenvalue weighted by atomic mass is 9.77. The minimum Gasteiger partial charge on any atom is -0.383 e. The molecule has 2 nitrogen and oxygen atoms in total. The van der Waals surface area contributed by atoms with E-state index in [2.05, 4.69) is 5.32 Å². The van der Waals surface area contributed by atoms with Gasteiger partial charge in [0.25, 0.3) is 0 Å². The zero-order chi connectivity index (χ0) is 14.9. The average Bonchev–Trinajstić information content (AvgIpc) is 3.07. The third-order valence-electron chi connectivity index (χ3n) is 5.02. The molecule has 116 valence electrons. The van der Waals surface area contributed by atoms with Crippen LogP contribution in [0.25, 0.3) is 0 Å². The molecule has 0 saturated heterocycles. The van der Waals surface area contributed by atoms with Gasteiger partial charge in [-0.2, -0.15) is 0 Å². The van der Waals surface area contributed by atoms with Crippen molar-refractivity contribution >= 4 is 11.6 Å². The van der Waals surface area contributed by atoms with Gasteiger partial charge < -0.3 is 10.1 Å². The van der Waals surface area contributed by atoms with Gasteiger partial charge in [-0.15, -0.1) is 0 Å². The summed E-state index contributed by atoms with van der Waals surface area (Å²) in [7, 11) is 1.72. The van der Waals surface area contributed by atoms with E-state index in [1.807, 2.05) is 0 Å². The molecule has 1 N–H and O–H groups in total. The Morgan fingerprint density at radius 3 is 2.86 bits per heavy atom. The quantitative estimate of drug-likeness (QED) is 0.776. The maximum Gasteiger partial charge on any atom is 0.123 e. The second-order valence-corrected chi connectivity index (χ2v) is 7.15. The third kappa shape index (κ3) is 3.58. The zero-order valence-electron chi connectivity index (χ0n) is 12.5. The van der Waals surface area contributed by atoms with E-state index in [1.54, 1.807) is 19.2 Å². The van der Waals surface area contributed by atoms with E-state index in [9.17, 15) is 4.39 Å². The van der Waals surface area contributed by atoms with Crippen molar-refractivity contribution in [3.8, 4) is 0 Å². The Balaban J connectivity index is 1.69. The summed E-state index contributed by atoms with van der Waals surface area (Å²) in [6, 6.07) is 4.71. The van der Waals surface area contributed by atoms with Gasteiger partial charge in [0.2, 0.25) is 0 Å². The van der Waals surface area contributed by atoms with E-state index < -0.39 is 0 Å². The van der Waals surface area contributed by atoms with Crippen LogP contribution in [0.2, 0.25) is 5.02 Å². The van der Waals surface area contributed by atoms with Crippen molar-refractivity contribution in [2.24, 2.45) is 17.3 Å². The van der Waals surface area contributed by atoms with Crippen LogP contribution in [0.15, 0.2) is 18.2 Å². The molecule has 0 radical (unpaired) electrons. The summed E-state index contributed by atoms with van der Waals surface area (Å²) in [5, 5.41) is 4.19. The van der Waals surface area contributed by atoms with Gasteiger partial charge in [0, 0.05) is 25.2 Å². The molecule has 0 amide bonds. The molecule has 0 aromatic heterocycles. The molecular weight excluding hydrogens is 289 g/mol. The van der Waals surface area contributed by atoms with Crippen LogP contribution < -0.4 is 5.32 Å². The predicted molar refractivity (Wildman–Crippen MR) is 83.1 cm³/mol. The highest BCUT2D eigenvalue weighted by Gasteiger charge is 2.53. The molecule has 2 aliphatic rings. The predicted octanol–water partition coefficient (Wildman–Crippen LogP) is 3.67. The molecule has 0 spiro atoms. The molecule has 0 aliphatic heterocycles. The Morgan fingerprint density at radius 1 is 1.38 bits per heavy atom. The fourth-order valence-corrected chi connectivity index (χ4v) is 4.15. The summed E-state index contributed by atoms with van der Waals surface area (Å²) in [5.74, 6) is 1.59. The van der Waals surface area contributed by atoms with E-state index in [4.69, 9.17) is 16.3 Å². The van der Waals surface area contributed by atoms with Crippen molar-refractivity contribution < 1.29 is 9.13 Å². The molecule has 3 rings (SSSR count). The average molecular weight is 312 g/mol. The van der Waals surface area contributed by atoms with E-state index in [0.717, 1.165) is 43.5 Å². The highest BCUT2D eigenvalue weighted by molar-refractivity contribution is 6.31. The second-order valence-electron chi connectivity index (χ2n) is 6.75. The first-order chi connectivity index (χ1) is 10.1. The largest absolute Gasteiger partial charge is 0.383 e. The fraction of sp³-hybridized carbons (Fsp3) is 0.647. The molecule has 1 aromatic rings. The number of ether oxygens (including phenoxy) is 1. The van der Waals surface area contributed by atoms with Gasteiger partial charge in [0.05, 0.1) is 6.61 Å².